The number of ether oxygens (including phenoxy) is 2. The number of H-pyrrole nitrogens is 1. The largest absolute Gasteiger partial charge is 0.486 e. The molecule has 7 nitrogen and oxygen atoms in total. The molecule has 1 aliphatic heterocycles. The summed E-state index contributed by atoms with van der Waals surface area (Å²) < 4.78 is 11.1. The Morgan fingerprint density at radius 1 is 1.22 bits per heavy atom. The molecule has 1 aromatic carbocycles. The van der Waals surface area contributed by atoms with Crippen molar-refractivity contribution in [3.63, 3.8) is 0 Å². The number of carbonyl (C=O) groups excluding carboxylic acids is 1. The van der Waals surface area contributed by atoms with Gasteiger partial charge in [-0.1, -0.05) is 30.7 Å². The van der Waals surface area contributed by atoms with Gasteiger partial charge in [0, 0.05) is 12.5 Å². The fourth-order valence-electron chi connectivity index (χ4n) is 3.48. The monoisotopic (exact) mass is 388 g/mol. The van der Waals surface area contributed by atoms with E-state index in [1.54, 1.807) is 0 Å². The number of thioether (sulfide) groups is 1. The molecule has 4 rings (SSSR count). The molecule has 0 unspecified atom stereocenters. The van der Waals surface area contributed by atoms with E-state index in [2.05, 4.69) is 20.5 Å². The molecule has 2 aromatic rings. The Hall–Kier alpha value is -2.22. The summed E-state index contributed by atoms with van der Waals surface area (Å²) in [4.78, 5) is 16.6. The van der Waals surface area contributed by atoms with Crippen molar-refractivity contribution in [2.75, 3.05) is 25.5 Å². The first kappa shape index (κ1) is 18.2. The van der Waals surface area contributed by atoms with Crippen molar-refractivity contribution in [3.8, 4) is 11.5 Å². The molecule has 0 atom stereocenters. The van der Waals surface area contributed by atoms with E-state index in [1.807, 2.05) is 18.2 Å². The Kier molecular flexibility index (Phi) is 5.81. The first-order valence-corrected chi connectivity index (χ1v) is 10.5. The Morgan fingerprint density at radius 2 is 2.04 bits per heavy atom. The maximum atomic E-state index is 12.1. The van der Waals surface area contributed by atoms with Crippen LogP contribution in [-0.4, -0.2) is 46.6 Å². The Labute approximate surface area is 162 Å². The molecule has 8 heteroatoms. The van der Waals surface area contributed by atoms with Crippen molar-refractivity contribution in [1.82, 2.24) is 20.5 Å². The molecule has 144 valence electrons. The smallest absolute Gasteiger partial charge is 0.230 e. The van der Waals surface area contributed by atoms with Gasteiger partial charge in [0.25, 0.3) is 0 Å². The second kappa shape index (κ2) is 8.65. The average Bonchev–Trinajstić information content (AvgIpc) is 3.38. The summed E-state index contributed by atoms with van der Waals surface area (Å²) in [6.45, 7) is 1.75. The SMILES string of the molecule is O=C(CSc1n[nH]c(C2CCCC2)n1)NCCc1ccc2c(c1)OCCO2. The number of carbonyl (C=O) groups is 1. The number of hydrogen-bond acceptors (Lipinski definition) is 6. The minimum absolute atomic E-state index is 0.00948. The molecule has 2 N–H and O–H groups in total. The predicted molar refractivity (Wildman–Crippen MR) is 102 cm³/mol. The Morgan fingerprint density at radius 3 is 2.89 bits per heavy atom. The predicted octanol–water partition coefficient (Wildman–Crippen LogP) is 2.68. The molecule has 0 bridgehead atoms. The molecule has 27 heavy (non-hydrogen) atoms. The van der Waals surface area contributed by atoms with Crippen LogP contribution in [0.3, 0.4) is 0 Å². The molecule has 2 aliphatic rings. The van der Waals surface area contributed by atoms with Gasteiger partial charge in [0.1, 0.15) is 19.0 Å². The molecule has 0 radical (unpaired) electrons. The lowest BCUT2D eigenvalue weighted by molar-refractivity contribution is -0.118. The highest BCUT2D eigenvalue weighted by atomic mass is 32.2. The van der Waals surface area contributed by atoms with E-state index in [9.17, 15) is 4.79 Å². The molecule has 1 amide bonds. The molecule has 1 saturated carbocycles. The molecule has 2 heterocycles. The third-order valence-corrected chi connectivity index (χ3v) is 5.75. The van der Waals surface area contributed by atoms with Gasteiger partial charge in [-0.2, -0.15) is 0 Å². The third-order valence-electron chi connectivity index (χ3n) is 4.90. The summed E-state index contributed by atoms with van der Waals surface area (Å²) in [5.41, 5.74) is 1.11. The van der Waals surface area contributed by atoms with Crippen LogP contribution in [0.5, 0.6) is 11.5 Å². The second-order valence-corrected chi connectivity index (χ2v) is 7.79. The van der Waals surface area contributed by atoms with E-state index in [4.69, 9.17) is 9.47 Å². The lowest BCUT2D eigenvalue weighted by Crippen LogP contribution is -2.27. The normalized spacial score (nSPS) is 16.4. The maximum absolute atomic E-state index is 12.1. The van der Waals surface area contributed by atoms with E-state index in [1.165, 1.54) is 37.4 Å². The molecule has 0 spiro atoms. The Balaban J connectivity index is 1.19. The van der Waals surface area contributed by atoms with Crippen molar-refractivity contribution in [3.05, 3.63) is 29.6 Å². The lowest BCUT2D eigenvalue weighted by Gasteiger charge is -2.18. The molecular formula is C19H24N4O3S. The number of nitrogens with zero attached hydrogens (tertiary/aromatic N) is 2. The summed E-state index contributed by atoms with van der Waals surface area (Å²) in [6.07, 6.45) is 5.64. The molecule has 1 aliphatic carbocycles. The highest BCUT2D eigenvalue weighted by Gasteiger charge is 2.20. The van der Waals surface area contributed by atoms with Crippen molar-refractivity contribution in [2.24, 2.45) is 0 Å². The zero-order valence-corrected chi connectivity index (χ0v) is 16.0. The van der Waals surface area contributed by atoms with E-state index in [0.717, 1.165) is 29.3 Å². The van der Waals surface area contributed by atoms with Crippen LogP contribution in [-0.2, 0) is 11.2 Å². The van der Waals surface area contributed by atoms with E-state index < -0.39 is 0 Å². The van der Waals surface area contributed by atoms with Gasteiger partial charge in [0.2, 0.25) is 11.1 Å². The molecular weight excluding hydrogens is 364 g/mol. The van der Waals surface area contributed by atoms with Crippen LogP contribution in [0.1, 0.15) is 43.0 Å². The van der Waals surface area contributed by atoms with Crippen LogP contribution < -0.4 is 14.8 Å². The number of fused-ring (bicyclic) bond motifs is 1. The first-order valence-electron chi connectivity index (χ1n) is 9.48. The first-order chi connectivity index (χ1) is 13.3. The number of nitrogens with one attached hydrogen (secondary N) is 2. The van der Waals surface area contributed by atoms with Gasteiger partial charge in [-0.05, 0) is 37.0 Å². The second-order valence-electron chi connectivity index (χ2n) is 6.85. The number of aromatic amines is 1. The van der Waals surface area contributed by atoms with Crippen molar-refractivity contribution in [2.45, 2.75) is 43.2 Å². The summed E-state index contributed by atoms with van der Waals surface area (Å²) in [5.74, 6) is 3.35. The quantitative estimate of drug-likeness (QED) is 0.709. The van der Waals surface area contributed by atoms with Gasteiger partial charge in [0.15, 0.2) is 11.5 Å². The zero-order chi connectivity index (χ0) is 18.5. The molecule has 0 saturated heterocycles. The van der Waals surface area contributed by atoms with Gasteiger partial charge >= 0.3 is 0 Å². The van der Waals surface area contributed by atoms with Gasteiger partial charge in [-0.25, -0.2) is 4.98 Å². The minimum Gasteiger partial charge on any atom is -0.486 e. The van der Waals surface area contributed by atoms with Gasteiger partial charge in [-0.15, -0.1) is 5.10 Å². The summed E-state index contributed by atoms with van der Waals surface area (Å²) in [7, 11) is 0. The van der Waals surface area contributed by atoms with Crippen molar-refractivity contribution in [1.29, 1.82) is 0 Å². The topological polar surface area (TPSA) is 89.1 Å². The van der Waals surface area contributed by atoms with Gasteiger partial charge in [0.05, 0.1) is 5.75 Å². The van der Waals surface area contributed by atoms with Crippen LogP contribution in [0.15, 0.2) is 23.4 Å². The summed E-state index contributed by atoms with van der Waals surface area (Å²) in [6, 6.07) is 5.91. The van der Waals surface area contributed by atoms with Gasteiger partial charge < -0.3 is 14.8 Å². The van der Waals surface area contributed by atoms with Crippen molar-refractivity contribution >= 4 is 17.7 Å². The maximum Gasteiger partial charge on any atom is 0.230 e. The number of hydrogen-bond donors (Lipinski definition) is 2. The highest BCUT2D eigenvalue weighted by molar-refractivity contribution is 7.99. The highest BCUT2D eigenvalue weighted by Crippen LogP contribution is 2.32. The zero-order valence-electron chi connectivity index (χ0n) is 15.2. The van der Waals surface area contributed by atoms with Gasteiger partial charge in [-0.3, -0.25) is 9.89 Å². The number of rotatable bonds is 7. The Bertz CT molecular complexity index is 789. The van der Waals surface area contributed by atoms with Crippen LogP contribution in [0, 0.1) is 0 Å². The minimum atomic E-state index is -0.00948. The van der Waals surface area contributed by atoms with Crippen LogP contribution in [0.4, 0.5) is 0 Å². The molecule has 1 fully saturated rings. The van der Waals surface area contributed by atoms with Crippen LogP contribution in [0.2, 0.25) is 0 Å². The number of benzene rings is 1. The van der Waals surface area contributed by atoms with Crippen LogP contribution in [0.25, 0.3) is 0 Å². The van der Waals surface area contributed by atoms with E-state index >= 15 is 0 Å². The van der Waals surface area contributed by atoms with E-state index in [-0.39, 0.29) is 5.91 Å². The van der Waals surface area contributed by atoms with Crippen LogP contribution >= 0.6 is 11.8 Å². The number of aromatic nitrogens is 3. The fourth-order valence-corrected chi connectivity index (χ4v) is 4.11. The third kappa shape index (κ3) is 4.74. The fraction of sp³-hybridized carbons (Fsp3) is 0.526. The molecule has 1 aromatic heterocycles. The van der Waals surface area contributed by atoms with Crippen molar-refractivity contribution < 1.29 is 14.3 Å². The number of amides is 1. The summed E-state index contributed by atoms with van der Waals surface area (Å²) in [5, 5.41) is 10.8. The summed E-state index contributed by atoms with van der Waals surface area (Å²) >= 11 is 1.37. The van der Waals surface area contributed by atoms with E-state index in [0.29, 0.717) is 36.6 Å². The average molecular weight is 388 g/mol. The lowest BCUT2D eigenvalue weighted by atomic mass is 10.1. The standard InChI is InChI=1S/C19H24N4O3S/c24-17(12-27-19-21-18(22-23-19)14-3-1-2-4-14)20-8-7-13-5-6-15-16(11-13)26-10-9-25-15/h5-6,11,14H,1-4,7-10,12H2,(H,20,24)(H,21,22,23).